The average Bonchev–Trinajstić information content (AvgIpc) is 2.65. The first-order chi connectivity index (χ1) is 9.63. The van der Waals surface area contributed by atoms with Crippen molar-refractivity contribution in [1.82, 2.24) is 4.90 Å². The van der Waals surface area contributed by atoms with Crippen LogP contribution >= 0.6 is 17.0 Å². The number of carbonyl (C=O) groups excluding carboxylic acids is 1. The lowest BCUT2D eigenvalue weighted by Crippen LogP contribution is -2.27. The highest BCUT2D eigenvalue weighted by Gasteiger charge is 2.35. The molecule has 116 valence electrons. The van der Waals surface area contributed by atoms with Crippen LogP contribution in [0.2, 0.25) is 0 Å². The second kappa shape index (κ2) is 7.40. The van der Waals surface area contributed by atoms with Crippen molar-refractivity contribution in [3.8, 4) is 11.5 Å². The van der Waals surface area contributed by atoms with Gasteiger partial charge in [-0.3, -0.25) is 5.41 Å². The molecule has 0 aromatic heterocycles. The van der Waals surface area contributed by atoms with E-state index < -0.39 is 6.30 Å². The van der Waals surface area contributed by atoms with Crippen LogP contribution in [0.5, 0.6) is 11.5 Å². The Morgan fingerprint density at radius 3 is 2.38 bits per heavy atom. The molecule has 0 spiro atoms. The number of benzene rings is 1. The lowest BCUT2D eigenvalue weighted by molar-refractivity contribution is -0.109. The fraction of sp³-hybridized carbons (Fsp3) is 0.429. The molecule has 0 bridgehead atoms. The summed E-state index contributed by atoms with van der Waals surface area (Å²) in [4.78, 5) is 11.7. The maximum atomic E-state index is 14.3. The Kier molecular flexibility index (Phi) is 6.14. The second-order valence-corrected chi connectivity index (χ2v) is 4.26. The molecule has 1 aliphatic rings. The van der Waals surface area contributed by atoms with E-state index in [0.717, 1.165) is 4.90 Å². The predicted molar refractivity (Wildman–Crippen MR) is 82.5 cm³/mol. The zero-order valence-electron chi connectivity index (χ0n) is 11.9. The van der Waals surface area contributed by atoms with Crippen LogP contribution in [0.15, 0.2) is 12.1 Å². The number of nitrogens with zero attached hydrogens (tertiary/aromatic N) is 1. The Morgan fingerprint density at radius 1 is 1.29 bits per heavy atom. The summed E-state index contributed by atoms with van der Waals surface area (Å²) in [5.41, 5.74) is 0.773. The van der Waals surface area contributed by atoms with Crippen molar-refractivity contribution in [2.75, 3.05) is 19.8 Å². The third-order valence-electron chi connectivity index (χ3n) is 3.06. The number of halogens is 2. The Bertz CT molecular complexity index is 539. The molecule has 0 fully saturated rings. The largest absolute Gasteiger partial charge is 0.490 e. The number of rotatable bonds is 6. The maximum Gasteiger partial charge on any atom is 0.200 e. The molecule has 1 atom stereocenters. The SMILES string of the molecule is Br.CCOc1cc2c(cc1OCC)C(F)N(CC=O)C2=N. The van der Waals surface area contributed by atoms with Gasteiger partial charge in [-0.15, -0.1) is 17.0 Å². The van der Waals surface area contributed by atoms with E-state index in [1.54, 1.807) is 12.1 Å². The van der Waals surface area contributed by atoms with Gasteiger partial charge in [0.05, 0.1) is 19.8 Å². The molecule has 0 radical (unpaired) electrons. The number of nitrogens with one attached hydrogen (secondary N) is 1. The summed E-state index contributed by atoms with van der Waals surface area (Å²) in [7, 11) is 0. The highest BCUT2D eigenvalue weighted by atomic mass is 79.9. The number of aldehydes is 1. The molecule has 1 aromatic rings. The van der Waals surface area contributed by atoms with Crippen LogP contribution in [0.1, 0.15) is 31.3 Å². The van der Waals surface area contributed by atoms with Gasteiger partial charge in [-0.05, 0) is 26.0 Å². The summed E-state index contributed by atoms with van der Waals surface area (Å²) in [6.07, 6.45) is -0.919. The number of hydrogen-bond donors (Lipinski definition) is 1. The van der Waals surface area contributed by atoms with Crippen LogP contribution in [0.4, 0.5) is 4.39 Å². The van der Waals surface area contributed by atoms with E-state index in [2.05, 4.69) is 0 Å². The van der Waals surface area contributed by atoms with Crippen molar-refractivity contribution in [3.63, 3.8) is 0 Å². The van der Waals surface area contributed by atoms with Gasteiger partial charge in [0.25, 0.3) is 0 Å². The molecule has 0 aliphatic carbocycles. The summed E-state index contributed by atoms with van der Waals surface area (Å²) in [5, 5.41) is 7.95. The molecular formula is C14H18BrFN2O3. The fourth-order valence-electron chi connectivity index (χ4n) is 2.21. The smallest absolute Gasteiger partial charge is 0.200 e. The standard InChI is InChI=1S/C14H17FN2O3.BrH/c1-3-19-11-7-9-10(8-12(11)20-4-2)14(16)17(5-6-18)13(9)15;/h6-8,13,16H,3-5H2,1-2H3;1H. The van der Waals surface area contributed by atoms with Gasteiger partial charge in [0.1, 0.15) is 12.1 Å². The van der Waals surface area contributed by atoms with E-state index in [9.17, 15) is 9.18 Å². The van der Waals surface area contributed by atoms with Crippen molar-refractivity contribution in [1.29, 1.82) is 5.41 Å². The quantitative estimate of drug-likeness (QED) is 0.625. The molecule has 0 amide bonds. The number of alkyl halides is 1. The molecule has 1 heterocycles. The molecular weight excluding hydrogens is 343 g/mol. The summed E-state index contributed by atoms with van der Waals surface area (Å²) < 4.78 is 25.2. The average molecular weight is 361 g/mol. The molecule has 0 saturated carbocycles. The Morgan fingerprint density at radius 2 is 1.86 bits per heavy atom. The van der Waals surface area contributed by atoms with Crippen molar-refractivity contribution in [2.24, 2.45) is 0 Å². The normalized spacial score (nSPS) is 16.2. The van der Waals surface area contributed by atoms with Crippen LogP contribution in [0.25, 0.3) is 0 Å². The van der Waals surface area contributed by atoms with Crippen LogP contribution in [0.3, 0.4) is 0 Å². The van der Waals surface area contributed by atoms with Gasteiger partial charge in [0.15, 0.2) is 11.5 Å². The molecule has 5 nitrogen and oxygen atoms in total. The third kappa shape index (κ3) is 3.18. The summed E-state index contributed by atoms with van der Waals surface area (Å²) >= 11 is 0. The lowest BCUT2D eigenvalue weighted by Gasteiger charge is -2.17. The summed E-state index contributed by atoms with van der Waals surface area (Å²) in [5.74, 6) is 0.929. The first-order valence-corrected chi connectivity index (χ1v) is 6.50. The van der Waals surface area contributed by atoms with Gasteiger partial charge in [0, 0.05) is 11.1 Å². The number of amidine groups is 1. The van der Waals surface area contributed by atoms with Crippen LogP contribution < -0.4 is 9.47 Å². The molecule has 2 rings (SSSR count). The highest BCUT2D eigenvalue weighted by Crippen LogP contribution is 2.41. The first-order valence-electron chi connectivity index (χ1n) is 6.50. The van der Waals surface area contributed by atoms with Gasteiger partial charge in [-0.1, -0.05) is 0 Å². The van der Waals surface area contributed by atoms with Crippen molar-refractivity contribution in [2.45, 2.75) is 20.1 Å². The number of hydrogen-bond acceptors (Lipinski definition) is 4. The van der Waals surface area contributed by atoms with E-state index >= 15 is 0 Å². The highest BCUT2D eigenvalue weighted by molar-refractivity contribution is 8.93. The molecule has 1 aliphatic heterocycles. The molecule has 1 unspecified atom stereocenters. The Hall–Kier alpha value is -1.63. The van der Waals surface area contributed by atoms with Gasteiger partial charge >= 0.3 is 0 Å². The Labute approximate surface area is 133 Å². The van der Waals surface area contributed by atoms with Crippen molar-refractivity contribution >= 4 is 29.1 Å². The Balaban J connectivity index is 0.00000220. The van der Waals surface area contributed by atoms with Crippen LogP contribution in [-0.2, 0) is 4.79 Å². The number of fused-ring (bicyclic) bond motifs is 1. The molecule has 1 N–H and O–H groups in total. The van der Waals surface area contributed by atoms with Gasteiger partial charge < -0.3 is 19.2 Å². The molecule has 1 aromatic carbocycles. The molecule has 21 heavy (non-hydrogen) atoms. The molecule has 0 saturated heterocycles. The minimum absolute atomic E-state index is 0. The number of carbonyl (C=O) groups is 1. The minimum Gasteiger partial charge on any atom is -0.490 e. The monoisotopic (exact) mass is 360 g/mol. The lowest BCUT2D eigenvalue weighted by atomic mass is 10.1. The third-order valence-corrected chi connectivity index (χ3v) is 3.06. The zero-order valence-corrected chi connectivity index (χ0v) is 13.6. The summed E-state index contributed by atoms with van der Waals surface area (Å²) in [6.45, 7) is 4.40. The molecule has 7 heteroatoms. The van der Waals surface area contributed by atoms with E-state index in [-0.39, 0.29) is 29.4 Å². The van der Waals surface area contributed by atoms with Gasteiger partial charge in [-0.25, -0.2) is 4.39 Å². The fourth-order valence-corrected chi connectivity index (χ4v) is 2.21. The second-order valence-electron chi connectivity index (χ2n) is 4.26. The maximum absolute atomic E-state index is 14.3. The predicted octanol–water partition coefficient (Wildman–Crippen LogP) is 2.87. The van der Waals surface area contributed by atoms with Gasteiger partial charge in [-0.2, -0.15) is 0 Å². The van der Waals surface area contributed by atoms with Crippen molar-refractivity contribution in [3.05, 3.63) is 23.3 Å². The van der Waals surface area contributed by atoms with Crippen LogP contribution in [0, 0.1) is 5.41 Å². The van der Waals surface area contributed by atoms with E-state index in [1.165, 1.54) is 0 Å². The topological polar surface area (TPSA) is 62.6 Å². The zero-order chi connectivity index (χ0) is 14.7. The minimum atomic E-state index is -1.50. The van der Waals surface area contributed by atoms with E-state index in [1.807, 2.05) is 13.8 Å². The van der Waals surface area contributed by atoms with E-state index in [0.29, 0.717) is 42.1 Å². The van der Waals surface area contributed by atoms with Crippen molar-refractivity contribution < 1.29 is 18.7 Å². The van der Waals surface area contributed by atoms with Gasteiger partial charge in [0.2, 0.25) is 6.30 Å². The van der Waals surface area contributed by atoms with Crippen LogP contribution in [-0.4, -0.2) is 36.8 Å². The summed E-state index contributed by atoms with van der Waals surface area (Å²) in [6, 6.07) is 3.15. The number of ether oxygens (including phenoxy) is 2. The van der Waals surface area contributed by atoms with E-state index in [4.69, 9.17) is 14.9 Å². The first kappa shape index (κ1) is 17.4.